The molecule has 0 saturated heterocycles. The van der Waals surface area contributed by atoms with Crippen molar-refractivity contribution in [1.82, 2.24) is 20.6 Å². The molecule has 0 spiro atoms. The summed E-state index contributed by atoms with van der Waals surface area (Å²) in [7, 11) is 0. The molecule has 10 nitrogen and oxygen atoms in total. The van der Waals surface area contributed by atoms with Gasteiger partial charge in [-0.1, -0.05) is 0 Å². The molecule has 0 aliphatic heterocycles. The highest BCUT2D eigenvalue weighted by Crippen LogP contribution is 2.15. The predicted molar refractivity (Wildman–Crippen MR) is 101 cm³/mol. The van der Waals surface area contributed by atoms with Crippen LogP contribution in [0.15, 0.2) is 54.7 Å². The number of carbonyl (C=O) groups is 2. The van der Waals surface area contributed by atoms with Gasteiger partial charge in [-0.25, -0.2) is 0 Å². The van der Waals surface area contributed by atoms with Crippen LogP contribution in [0, 0.1) is 11.3 Å². The molecule has 3 rings (SSSR count). The van der Waals surface area contributed by atoms with Crippen molar-refractivity contribution in [2.45, 2.75) is 0 Å². The molecule has 5 N–H and O–H groups in total. The van der Waals surface area contributed by atoms with Gasteiger partial charge in [-0.2, -0.15) is 10.5 Å². The van der Waals surface area contributed by atoms with Gasteiger partial charge in [-0.15, -0.1) is 10.2 Å². The number of nitrogens with two attached hydrogens (primary N) is 1. The van der Waals surface area contributed by atoms with E-state index < -0.39 is 5.91 Å². The van der Waals surface area contributed by atoms with Crippen molar-refractivity contribution in [1.29, 1.82) is 5.26 Å². The standard InChI is InChI=1S/C18H14N8O2/c19-9-13(17-23-25-26-24-17)10-21-14-5-3-12(4-6-14)18(28)22-15-7-1-11(2-8-15)16(20)27/h1-8,10,21H,(H2,20,27)(H,22,28)(H,23,24,25,26). The zero-order chi connectivity index (χ0) is 19.9. The van der Waals surface area contributed by atoms with Crippen LogP contribution < -0.4 is 16.4 Å². The SMILES string of the molecule is N#CC(=CNc1ccc(C(=O)Nc2ccc(C(N)=O)cc2)cc1)c1nn[nH]n1. The maximum absolute atomic E-state index is 12.3. The zero-order valence-electron chi connectivity index (χ0n) is 14.4. The first kappa shape index (κ1) is 18.3. The monoisotopic (exact) mass is 374 g/mol. The van der Waals surface area contributed by atoms with E-state index in [1.165, 1.54) is 18.3 Å². The Labute approximate surface area is 159 Å². The van der Waals surface area contributed by atoms with Gasteiger partial charge in [0.15, 0.2) is 0 Å². The van der Waals surface area contributed by atoms with E-state index in [2.05, 4.69) is 31.3 Å². The molecule has 2 aromatic carbocycles. The number of hydrogen-bond donors (Lipinski definition) is 4. The summed E-state index contributed by atoms with van der Waals surface area (Å²) >= 11 is 0. The fraction of sp³-hybridized carbons (Fsp3) is 0. The number of anilines is 2. The van der Waals surface area contributed by atoms with Crippen LogP contribution in [0.1, 0.15) is 26.5 Å². The van der Waals surface area contributed by atoms with Gasteiger partial charge in [-0.3, -0.25) is 9.59 Å². The van der Waals surface area contributed by atoms with E-state index in [1.807, 2.05) is 6.07 Å². The van der Waals surface area contributed by atoms with Gasteiger partial charge in [0, 0.05) is 28.7 Å². The molecule has 3 aromatic rings. The number of carbonyl (C=O) groups excluding carboxylic acids is 2. The van der Waals surface area contributed by atoms with Crippen molar-refractivity contribution in [3.63, 3.8) is 0 Å². The molecular formula is C18H14N8O2. The van der Waals surface area contributed by atoms with Gasteiger partial charge < -0.3 is 16.4 Å². The number of hydrogen-bond acceptors (Lipinski definition) is 7. The first-order valence-electron chi connectivity index (χ1n) is 7.99. The number of aromatic amines is 1. The second-order valence-electron chi connectivity index (χ2n) is 5.52. The van der Waals surface area contributed by atoms with E-state index in [9.17, 15) is 9.59 Å². The average molecular weight is 374 g/mol. The highest BCUT2D eigenvalue weighted by atomic mass is 16.2. The summed E-state index contributed by atoms with van der Waals surface area (Å²) in [5, 5.41) is 27.9. The molecular weight excluding hydrogens is 360 g/mol. The van der Waals surface area contributed by atoms with Crippen LogP contribution in [0.4, 0.5) is 11.4 Å². The van der Waals surface area contributed by atoms with Crippen LogP contribution in [0.2, 0.25) is 0 Å². The van der Waals surface area contributed by atoms with E-state index in [1.54, 1.807) is 36.4 Å². The van der Waals surface area contributed by atoms with Crippen molar-refractivity contribution in [2.75, 3.05) is 10.6 Å². The second kappa shape index (κ2) is 8.24. The molecule has 0 fully saturated rings. The molecule has 0 aliphatic carbocycles. The minimum Gasteiger partial charge on any atom is -0.366 e. The summed E-state index contributed by atoms with van der Waals surface area (Å²) in [5.41, 5.74) is 7.39. The molecule has 10 heteroatoms. The van der Waals surface area contributed by atoms with E-state index in [-0.39, 0.29) is 17.3 Å². The second-order valence-corrected chi connectivity index (χ2v) is 5.52. The molecule has 0 aliphatic rings. The van der Waals surface area contributed by atoms with Crippen LogP contribution in [0.3, 0.4) is 0 Å². The normalized spacial score (nSPS) is 10.8. The molecule has 0 bridgehead atoms. The van der Waals surface area contributed by atoms with Crippen LogP contribution in [-0.2, 0) is 0 Å². The zero-order valence-corrected chi connectivity index (χ0v) is 14.4. The van der Waals surface area contributed by atoms with Crippen LogP contribution in [0.5, 0.6) is 0 Å². The Kier molecular flexibility index (Phi) is 5.38. The van der Waals surface area contributed by atoms with E-state index in [4.69, 9.17) is 11.0 Å². The number of amides is 2. The Morgan fingerprint density at radius 2 is 1.68 bits per heavy atom. The largest absolute Gasteiger partial charge is 0.366 e. The number of nitrogens with one attached hydrogen (secondary N) is 3. The fourth-order valence-corrected chi connectivity index (χ4v) is 2.22. The molecule has 0 saturated carbocycles. The van der Waals surface area contributed by atoms with Crippen LogP contribution in [0.25, 0.3) is 5.57 Å². The summed E-state index contributed by atoms with van der Waals surface area (Å²) < 4.78 is 0. The Hall–Kier alpha value is -4.52. The van der Waals surface area contributed by atoms with Gasteiger partial charge in [0.2, 0.25) is 11.7 Å². The minimum absolute atomic E-state index is 0.174. The summed E-state index contributed by atoms with van der Waals surface area (Å²) in [6, 6.07) is 14.9. The maximum atomic E-state index is 12.3. The number of nitriles is 1. The third kappa shape index (κ3) is 4.36. The molecule has 0 atom stereocenters. The number of H-pyrrole nitrogens is 1. The van der Waals surface area contributed by atoms with Crippen molar-refractivity contribution in [2.24, 2.45) is 5.73 Å². The lowest BCUT2D eigenvalue weighted by Gasteiger charge is -2.07. The minimum atomic E-state index is -0.533. The number of allylic oxidation sites excluding steroid dienone is 1. The van der Waals surface area contributed by atoms with Crippen molar-refractivity contribution in [3.8, 4) is 6.07 Å². The van der Waals surface area contributed by atoms with Crippen LogP contribution in [-0.4, -0.2) is 32.4 Å². The molecule has 28 heavy (non-hydrogen) atoms. The van der Waals surface area contributed by atoms with E-state index in [0.717, 1.165) is 0 Å². The fourth-order valence-electron chi connectivity index (χ4n) is 2.22. The molecule has 0 unspecified atom stereocenters. The predicted octanol–water partition coefficient (Wildman–Crippen LogP) is 1.53. The highest BCUT2D eigenvalue weighted by molar-refractivity contribution is 6.04. The van der Waals surface area contributed by atoms with Crippen LogP contribution >= 0.6 is 0 Å². The maximum Gasteiger partial charge on any atom is 0.255 e. The lowest BCUT2D eigenvalue weighted by Crippen LogP contribution is -2.13. The van der Waals surface area contributed by atoms with Gasteiger partial charge in [-0.05, 0) is 53.7 Å². The highest BCUT2D eigenvalue weighted by Gasteiger charge is 2.08. The number of nitrogens with zero attached hydrogens (tertiary/aromatic N) is 4. The van der Waals surface area contributed by atoms with Crippen molar-refractivity contribution in [3.05, 3.63) is 71.7 Å². The number of aromatic nitrogens is 4. The van der Waals surface area contributed by atoms with Gasteiger partial charge >= 0.3 is 0 Å². The summed E-state index contributed by atoms with van der Waals surface area (Å²) in [4.78, 5) is 23.4. The smallest absolute Gasteiger partial charge is 0.255 e. The molecule has 1 heterocycles. The van der Waals surface area contributed by atoms with Crippen molar-refractivity contribution < 1.29 is 9.59 Å². The number of benzene rings is 2. The number of rotatable bonds is 6. The van der Waals surface area contributed by atoms with E-state index >= 15 is 0 Å². The first-order chi connectivity index (χ1) is 13.6. The Bertz CT molecular complexity index is 1050. The van der Waals surface area contributed by atoms with Gasteiger partial charge in [0.1, 0.15) is 11.6 Å². The van der Waals surface area contributed by atoms with Crippen molar-refractivity contribution >= 4 is 28.8 Å². The van der Waals surface area contributed by atoms with Gasteiger partial charge in [0.25, 0.3) is 5.91 Å². The van der Waals surface area contributed by atoms with Gasteiger partial charge in [0.05, 0.1) is 0 Å². The summed E-state index contributed by atoms with van der Waals surface area (Å²) in [5.74, 6) is -0.666. The third-order valence-corrected chi connectivity index (χ3v) is 3.66. The Morgan fingerprint density at radius 1 is 1.04 bits per heavy atom. The molecule has 1 aromatic heterocycles. The average Bonchev–Trinajstić information content (AvgIpc) is 3.24. The Morgan fingerprint density at radius 3 is 2.25 bits per heavy atom. The van der Waals surface area contributed by atoms with E-state index in [0.29, 0.717) is 22.5 Å². The molecule has 2 amide bonds. The summed E-state index contributed by atoms with van der Waals surface area (Å²) in [6.45, 7) is 0. The third-order valence-electron chi connectivity index (χ3n) is 3.66. The first-order valence-corrected chi connectivity index (χ1v) is 7.99. The lowest BCUT2D eigenvalue weighted by atomic mass is 10.1. The number of primary amides is 1. The topological polar surface area (TPSA) is 162 Å². The number of tetrazole rings is 1. The molecule has 0 radical (unpaired) electrons. The molecule has 138 valence electrons. The lowest BCUT2D eigenvalue weighted by molar-refractivity contribution is 0.0998. The summed E-state index contributed by atoms with van der Waals surface area (Å²) in [6.07, 6.45) is 1.44. The quantitative estimate of drug-likeness (QED) is 0.475. The Balaban J connectivity index is 1.64.